The number of morpholine rings is 1. The molecule has 1 fully saturated rings. The number of amides is 1. The number of nitrogens with zero attached hydrogens (tertiary/aromatic N) is 1. The number of carboxylic acid groups (broad SMARTS) is 1. The van der Waals surface area contributed by atoms with E-state index in [4.69, 9.17) is 9.47 Å². The molecule has 0 unspecified atom stereocenters. The minimum absolute atomic E-state index is 0.0253. The van der Waals surface area contributed by atoms with Crippen LogP contribution in [0.25, 0.3) is 0 Å². The van der Waals surface area contributed by atoms with Gasteiger partial charge in [-0.05, 0) is 36.6 Å². The van der Waals surface area contributed by atoms with Gasteiger partial charge in [-0.3, -0.25) is 4.79 Å². The van der Waals surface area contributed by atoms with E-state index in [0.29, 0.717) is 30.4 Å². The fourth-order valence-corrected chi connectivity index (χ4v) is 2.32. The fraction of sp³-hybridized carbons (Fsp3) is 0.529. The first-order valence-corrected chi connectivity index (χ1v) is 7.83. The zero-order valence-electron chi connectivity index (χ0n) is 13.5. The second-order valence-electron chi connectivity index (χ2n) is 5.98. The maximum Gasteiger partial charge on any atom is 0.328 e. The lowest BCUT2D eigenvalue weighted by Crippen LogP contribution is -2.52. The van der Waals surface area contributed by atoms with Gasteiger partial charge in [0.05, 0.1) is 19.8 Å². The van der Waals surface area contributed by atoms with Crippen molar-refractivity contribution in [1.29, 1.82) is 0 Å². The van der Waals surface area contributed by atoms with Gasteiger partial charge < -0.3 is 19.5 Å². The second kappa shape index (κ2) is 7.97. The lowest BCUT2D eigenvalue weighted by atomic mass is 10.1. The molecule has 1 aliphatic heterocycles. The molecule has 0 aromatic heterocycles. The van der Waals surface area contributed by atoms with Crippen LogP contribution in [0.4, 0.5) is 0 Å². The number of carbonyl (C=O) groups is 2. The third kappa shape index (κ3) is 4.69. The highest BCUT2D eigenvalue weighted by Gasteiger charge is 2.33. The van der Waals surface area contributed by atoms with Crippen molar-refractivity contribution in [3.8, 4) is 5.75 Å². The van der Waals surface area contributed by atoms with E-state index in [1.54, 1.807) is 24.3 Å². The third-order valence-corrected chi connectivity index (χ3v) is 3.74. The summed E-state index contributed by atoms with van der Waals surface area (Å²) in [6, 6.07) is 5.88. The summed E-state index contributed by atoms with van der Waals surface area (Å²) < 4.78 is 10.8. The van der Waals surface area contributed by atoms with Crippen molar-refractivity contribution in [3.05, 3.63) is 29.8 Å². The molecule has 1 aromatic rings. The van der Waals surface area contributed by atoms with Crippen molar-refractivity contribution < 1.29 is 24.2 Å². The number of aliphatic carboxylic acids is 1. The van der Waals surface area contributed by atoms with Crippen LogP contribution in [0.5, 0.6) is 5.75 Å². The molecule has 126 valence electrons. The molecule has 6 nitrogen and oxygen atoms in total. The first-order valence-electron chi connectivity index (χ1n) is 7.83. The smallest absolute Gasteiger partial charge is 0.328 e. The molecule has 1 aliphatic rings. The molecule has 1 N–H and O–H groups in total. The molecular formula is C17H23NO5. The molecule has 0 spiro atoms. The lowest BCUT2D eigenvalue weighted by Gasteiger charge is -2.32. The van der Waals surface area contributed by atoms with Crippen LogP contribution in [-0.2, 0) is 9.53 Å². The van der Waals surface area contributed by atoms with Crippen LogP contribution in [0.3, 0.4) is 0 Å². The number of ether oxygens (including phenoxy) is 2. The van der Waals surface area contributed by atoms with Crippen LogP contribution in [0.15, 0.2) is 24.3 Å². The van der Waals surface area contributed by atoms with Crippen LogP contribution in [-0.4, -0.2) is 54.3 Å². The average Bonchev–Trinajstić information content (AvgIpc) is 2.54. The largest absolute Gasteiger partial charge is 0.494 e. The molecule has 1 saturated heterocycles. The zero-order chi connectivity index (χ0) is 16.8. The van der Waals surface area contributed by atoms with E-state index in [1.807, 2.05) is 0 Å². The van der Waals surface area contributed by atoms with Gasteiger partial charge in [0.15, 0.2) is 6.04 Å². The van der Waals surface area contributed by atoms with Crippen molar-refractivity contribution in [2.75, 3.05) is 26.4 Å². The van der Waals surface area contributed by atoms with Crippen molar-refractivity contribution in [2.24, 2.45) is 5.92 Å². The average molecular weight is 321 g/mol. The standard InChI is InChI=1S/C17H23NO5/c1-12(2)7-9-23-14-5-3-13(4-6-14)16(19)18-8-10-22-11-15(18)17(20)21/h3-6,12,15H,7-11H2,1-2H3,(H,20,21)/t15-/m1/s1. The Hall–Kier alpha value is -2.08. The van der Waals surface area contributed by atoms with E-state index < -0.39 is 12.0 Å². The summed E-state index contributed by atoms with van der Waals surface area (Å²) in [5.41, 5.74) is 0.453. The van der Waals surface area contributed by atoms with Crippen LogP contribution < -0.4 is 4.74 Å². The molecule has 1 atom stereocenters. The molecule has 0 bridgehead atoms. The maximum atomic E-state index is 12.5. The number of carbonyl (C=O) groups excluding carboxylic acids is 1. The third-order valence-electron chi connectivity index (χ3n) is 3.74. The Kier molecular flexibility index (Phi) is 5.98. The quantitative estimate of drug-likeness (QED) is 0.867. The predicted octanol–water partition coefficient (Wildman–Crippen LogP) is 2.04. The van der Waals surface area contributed by atoms with E-state index in [9.17, 15) is 14.7 Å². The van der Waals surface area contributed by atoms with E-state index in [1.165, 1.54) is 4.90 Å². The number of benzene rings is 1. The highest BCUT2D eigenvalue weighted by atomic mass is 16.5. The van der Waals surface area contributed by atoms with Gasteiger partial charge in [-0.2, -0.15) is 0 Å². The van der Waals surface area contributed by atoms with Gasteiger partial charge in [-0.1, -0.05) is 13.8 Å². The molecule has 6 heteroatoms. The van der Waals surface area contributed by atoms with Crippen LogP contribution >= 0.6 is 0 Å². The fourth-order valence-electron chi connectivity index (χ4n) is 2.32. The lowest BCUT2D eigenvalue weighted by molar-refractivity contribution is -0.147. The van der Waals surface area contributed by atoms with Gasteiger partial charge in [-0.15, -0.1) is 0 Å². The Morgan fingerprint density at radius 2 is 2.04 bits per heavy atom. The van der Waals surface area contributed by atoms with Crippen LogP contribution in [0.1, 0.15) is 30.6 Å². The highest BCUT2D eigenvalue weighted by molar-refractivity contribution is 5.96. The summed E-state index contributed by atoms with van der Waals surface area (Å²) in [6.45, 7) is 5.56. The van der Waals surface area contributed by atoms with Gasteiger partial charge in [0.1, 0.15) is 5.75 Å². The molecule has 0 radical (unpaired) electrons. The molecule has 0 aliphatic carbocycles. The molecular weight excluding hydrogens is 298 g/mol. The first-order chi connectivity index (χ1) is 11.0. The van der Waals surface area contributed by atoms with E-state index in [-0.39, 0.29) is 19.1 Å². The second-order valence-corrected chi connectivity index (χ2v) is 5.98. The number of carboxylic acids is 1. The van der Waals surface area contributed by atoms with Crippen LogP contribution in [0, 0.1) is 5.92 Å². The molecule has 2 rings (SSSR count). The topological polar surface area (TPSA) is 76.1 Å². The molecule has 23 heavy (non-hydrogen) atoms. The minimum Gasteiger partial charge on any atom is -0.494 e. The van der Waals surface area contributed by atoms with Gasteiger partial charge >= 0.3 is 5.97 Å². The Labute approximate surface area is 136 Å². The summed E-state index contributed by atoms with van der Waals surface area (Å²) in [5.74, 6) is -0.0646. The van der Waals surface area contributed by atoms with Crippen molar-refractivity contribution in [2.45, 2.75) is 26.3 Å². The van der Waals surface area contributed by atoms with Gasteiger partial charge in [0.25, 0.3) is 5.91 Å². The summed E-state index contributed by atoms with van der Waals surface area (Å²) >= 11 is 0. The number of hydrogen-bond acceptors (Lipinski definition) is 4. The Morgan fingerprint density at radius 3 is 2.65 bits per heavy atom. The van der Waals surface area contributed by atoms with E-state index in [2.05, 4.69) is 13.8 Å². The summed E-state index contributed by atoms with van der Waals surface area (Å²) in [4.78, 5) is 25.1. The SMILES string of the molecule is CC(C)CCOc1ccc(C(=O)N2CCOC[C@@H]2C(=O)O)cc1. The molecule has 0 saturated carbocycles. The normalized spacial score (nSPS) is 18.0. The molecule has 1 aromatic carbocycles. The van der Waals surface area contributed by atoms with Crippen molar-refractivity contribution in [1.82, 2.24) is 4.90 Å². The maximum absolute atomic E-state index is 12.5. The number of hydrogen-bond donors (Lipinski definition) is 1. The van der Waals surface area contributed by atoms with Crippen LogP contribution in [0.2, 0.25) is 0 Å². The monoisotopic (exact) mass is 321 g/mol. The first kappa shape index (κ1) is 17.3. The predicted molar refractivity (Wildman–Crippen MR) is 84.7 cm³/mol. The van der Waals surface area contributed by atoms with Gasteiger partial charge in [-0.25, -0.2) is 4.79 Å². The summed E-state index contributed by atoms with van der Waals surface area (Å²) in [6.07, 6.45) is 0.967. The Morgan fingerprint density at radius 1 is 1.35 bits per heavy atom. The zero-order valence-corrected chi connectivity index (χ0v) is 13.5. The van der Waals surface area contributed by atoms with E-state index >= 15 is 0 Å². The highest BCUT2D eigenvalue weighted by Crippen LogP contribution is 2.17. The summed E-state index contributed by atoms with van der Waals surface area (Å²) in [5, 5.41) is 9.20. The minimum atomic E-state index is -1.05. The number of rotatable bonds is 6. The Bertz CT molecular complexity index is 540. The summed E-state index contributed by atoms with van der Waals surface area (Å²) in [7, 11) is 0. The molecule has 1 amide bonds. The van der Waals surface area contributed by atoms with Gasteiger partial charge in [0.2, 0.25) is 0 Å². The van der Waals surface area contributed by atoms with Gasteiger partial charge in [0, 0.05) is 12.1 Å². The van der Waals surface area contributed by atoms with Crippen molar-refractivity contribution in [3.63, 3.8) is 0 Å². The van der Waals surface area contributed by atoms with E-state index in [0.717, 1.165) is 6.42 Å². The van der Waals surface area contributed by atoms with Crippen molar-refractivity contribution >= 4 is 11.9 Å². The Balaban J connectivity index is 2.00. The molecule has 1 heterocycles.